The third kappa shape index (κ3) is 5.02. The average Bonchev–Trinajstić information content (AvgIpc) is 2.69. The second-order valence-corrected chi connectivity index (χ2v) is 6.17. The third-order valence-corrected chi connectivity index (χ3v) is 4.37. The van der Waals surface area contributed by atoms with E-state index in [2.05, 4.69) is 15.3 Å². The van der Waals surface area contributed by atoms with Gasteiger partial charge in [0, 0.05) is 51.5 Å². The maximum absolute atomic E-state index is 12.4. The van der Waals surface area contributed by atoms with E-state index in [4.69, 9.17) is 0 Å². The lowest BCUT2D eigenvalue weighted by Crippen LogP contribution is -2.51. The second kappa shape index (κ2) is 8.94. The van der Waals surface area contributed by atoms with Crippen molar-refractivity contribution in [1.29, 1.82) is 0 Å². The Balaban J connectivity index is 1.38. The molecule has 1 aliphatic heterocycles. The number of carbonyl (C=O) groups is 2. The van der Waals surface area contributed by atoms with Crippen LogP contribution in [0.25, 0.3) is 0 Å². The molecular formula is C19H23N5O2. The van der Waals surface area contributed by atoms with E-state index in [0.717, 1.165) is 5.56 Å². The predicted molar refractivity (Wildman–Crippen MR) is 98.4 cm³/mol. The van der Waals surface area contributed by atoms with Crippen molar-refractivity contribution in [3.05, 3.63) is 54.4 Å². The third-order valence-electron chi connectivity index (χ3n) is 4.37. The molecule has 0 saturated carbocycles. The first-order valence-corrected chi connectivity index (χ1v) is 8.83. The first kappa shape index (κ1) is 17.8. The molecule has 2 aromatic rings. The van der Waals surface area contributed by atoms with Crippen LogP contribution in [0.5, 0.6) is 0 Å². The normalized spacial score (nSPS) is 14.2. The highest BCUT2D eigenvalue weighted by molar-refractivity contribution is 5.80. The number of nitrogens with one attached hydrogen (secondary N) is 1. The SMILES string of the molecule is O=C(CCNc1ncccn1)N1CCN(C(=O)Cc2ccccc2)CC1. The number of amides is 2. The number of aromatic nitrogens is 2. The number of rotatable bonds is 6. The largest absolute Gasteiger partial charge is 0.354 e. The number of hydrogen-bond donors (Lipinski definition) is 1. The Morgan fingerprint density at radius 3 is 2.15 bits per heavy atom. The maximum atomic E-state index is 12.4. The Bertz CT molecular complexity index is 715. The predicted octanol–water partition coefficient (Wildman–Crippen LogP) is 1.19. The lowest BCUT2D eigenvalue weighted by molar-refractivity contribution is -0.139. The summed E-state index contributed by atoms with van der Waals surface area (Å²) in [5.41, 5.74) is 1.02. The average molecular weight is 353 g/mol. The van der Waals surface area contributed by atoms with Gasteiger partial charge < -0.3 is 15.1 Å². The maximum Gasteiger partial charge on any atom is 0.227 e. The molecule has 1 aromatic carbocycles. The minimum Gasteiger partial charge on any atom is -0.354 e. The molecule has 136 valence electrons. The standard InChI is InChI=1S/C19H23N5O2/c25-17(7-10-22-19-20-8-4-9-21-19)23-11-13-24(14-12-23)18(26)15-16-5-2-1-3-6-16/h1-6,8-9H,7,10-15H2,(H,20,21,22). The molecule has 0 aliphatic carbocycles. The molecule has 0 spiro atoms. The fourth-order valence-corrected chi connectivity index (χ4v) is 2.92. The fourth-order valence-electron chi connectivity index (χ4n) is 2.92. The molecule has 1 N–H and O–H groups in total. The van der Waals surface area contributed by atoms with Gasteiger partial charge in [-0.2, -0.15) is 0 Å². The lowest BCUT2D eigenvalue weighted by atomic mass is 10.1. The van der Waals surface area contributed by atoms with Crippen molar-refractivity contribution < 1.29 is 9.59 Å². The van der Waals surface area contributed by atoms with Gasteiger partial charge >= 0.3 is 0 Å². The van der Waals surface area contributed by atoms with Gasteiger partial charge in [0.05, 0.1) is 6.42 Å². The van der Waals surface area contributed by atoms with Crippen LogP contribution in [0.1, 0.15) is 12.0 Å². The highest BCUT2D eigenvalue weighted by atomic mass is 16.2. The van der Waals surface area contributed by atoms with Crippen LogP contribution in [0, 0.1) is 0 Å². The van der Waals surface area contributed by atoms with Crippen molar-refractivity contribution in [3.63, 3.8) is 0 Å². The van der Waals surface area contributed by atoms with E-state index in [1.807, 2.05) is 40.1 Å². The molecule has 2 amide bonds. The van der Waals surface area contributed by atoms with E-state index in [0.29, 0.717) is 51.5 Å². The number of nitrogens with zero attached hydrogens (tertiary/aromatic N) is 4. The van der Waals surface area contributed by atoms with Crippen molar-refractivity contribution >= 4 is 17.8 Å². The monoisotopic (exact) mass is 353 g/mol. The highest BCUT2D eigenvalue weighted by Gasteiger charge is 2.23. The molecule has 2 heterocycles. The van der Waals surface area contributed by atoms with Crippen molar-refractivity contribution in [1.82, 2.24) is 19.8 Å². The summed E-state index contributed by atoms with van der Waals surface area (Å²) in [6, 6.07) is 11.5. The van der Waals surface area contributed by atoms with Crippen LogP contribution < -0.4 is 5.32 Å². The van der Waals surface area contributed by atoms with Gasteiger partial charge in [0.25, 0.3) is 0 Å². The van der Waals surface area contributed by atoms with Crippen molar-refractivity contribution in [2.75, 3.05) is 38.0 Å². The molecule has 7 heteroatoms. The minimum absolute atomic E-state index is 0.0867. The Kier molecular flexibility index (Phi) is 6.14. The summed E-state index contributed by atoms with van der Waals surface area (Å²) in [4.78, 5) is 36.4. The number of piperazine rings is 1. The van der Waals surface area contributed by atoms with Crippen LogP contribution >= 0.6 is 0 Å². The lowest BCUT2D eigenvalue weighted by Gasteiger charge is -2.35. The molecule has 0 bridgehead atoms. The summed E-state index contributed by atoms with van der Waals surface area (Å²) in [6.07, 6.45) is 4.11. The summed E-state index contributed by atoms with van der Waals surface area (Å²) < 4.78 is 0. The van der Waals surface area contributed by atoms with Gasteiger partial charge in [-0.3, -0.25) is 9.59 Å². The van der Waals surface area contributed by atoms with Crippen LogP contribution in [0.4, 0.5) is 5.95 Å². The zero-order valence-electron chi connectivity index (χ0n) is 14.7. The summed E-state index contributed by atoms with van der Waals surface area (Å²) in [7, 11) is 0. The Morgan fingerprint density at radius 1 is 0.885 bits per heavy atom. The molecule has 7 nitrogen and oxygen atoms in total. The Morgan fingerprint density at radius 2 is 1.50 bits per heavy atom. The van der Waals surface area contributed by atoms with E-state index in [-0.39, 0.29) is 11.8 Å². The van der Waals surface area contributed by atoms with Gasteiger partial charge in [0.15, 0.2) is 0 Å². The number of benzene rings is 1. The zero-order chi connectivity index (χ0) is 18.2. The van der Waals surface area contributed by atoms with Gasteiger partial charge in [0.2, 0.25) is 17.8 Å². The summed E-state index contributed by atoms with van der Waals surface area (Å²) in [6.45, 7) is 2.84. The smallest absolute Gasteiger partial charge is 0.227 e. The summed E-state index contributed by atoms with van der Waals surface area (Å²) in [5, 5.41) is 3.03. The molecule has 26 heavy (non-hydrogen) atoms. The molecule has 1 saturated heterocycles. The molecule has 0 radical (unpaired) electrons. The van der Waals surface area contributed by atoms with E-state index in [1.54, 1.807) is 18.5 Å². The Hall–Kier alpha value is -2.96. The number of hydrogen-bond acceptors (Lipinski definition) is 5. The first-order chi connectivity index (χ1) is 12.7. The van der Waals surface area contributed by atoms with E-state index < -0.39 is 0 Å². The van der Waals surface area contributed by atoms with Crippen LogP contribution in [0.3, 0.4) is 0 Å². The van der Waals surface area contributed by atoms with Crippen LogP contribution in [-0.2, 0) is 16.0 Å². The number of carbonyl (C=O) groups excluding carboxylic acids is 2. The Labute approximate surface area is 153 Å². The van der Waals surface area contributed by atoms with Crippen LogP contribution in [0.2, 0.25) is 0 Å². The van der Waals surface area contributed by atoms with Crippen LogP contribution in [0.15, 0.2) is 48.8 Å². The van der Waals surface area contributed by atoms with Gasteiger partial charge in [-0.25, -0.2) is 9.97 Å². The molecule has 1 fully saturated rings. The van der Waals surface area contributed by atoms with Crippen molar-refractivity contribution in [2.45, 2.75) is 12.8 Å². The molecule has 3 rings (SSSR count). The van der Waals surface area contributed by atoms with E-state index in [1.165, 1.54) is 0 Å². The van der Waals surface area contributed by atoms with Crippen LogP contribution in [-0.4, -0.2) is 64.3 Å². The summed E-state index contributed by atoms with van der Waals surface area (Å²) >= 11 is 0. The second-order valence-electron chi connectivity index (χ2n) is 6.17. The fraction of sp³-hybridized carbons (Fsp3) is 0.368. The van der Waals surface area contributed by atoms with E-state index >= 15 is 0 Å². The topological polar surface area (TPSA) is 78.4 Å². The van der Waals surface area contributed by atoms with Crippen molar-refractivity contribution in [2.24, 2.45) is 0 Å². The van der Waals surface area contributed by atoms with E-state index in [9.17, 15) is 9.59 Å². The first-order valence-electron chi connectivity index (χ1n) is 8.83. The molecule has 1 aliphatic rings. The molecular weight excluding hydrogens is 330 g/mol. The highest BCUT2D eigenvalue weighted by Crippen LogP contribution is 2.08. The van der Waals surface area contributed by atoms with Gasteiger partial charge in [-0.15, -0.1) is 0 Å². The molecule has 0 atom stereocenters. The van der Waals surface area contributed by atoms with Gasteiger partial charge in [0.1, 0.15) is 0 Å². The quantitative estimate of drug-likeness (QED) is 0.844. The molecule has 0 unspecified atom stereocenters. The minimum atomic E-state index is 0.0867. The van der Waals surface area contributed by atoms with Crippen molar-refractivity contribution in [3.8, 4) is 0 Å². The summed E-state index contributed by atoms with van der Waals surface area (Å²) in [5.74, 6) is 0.728. The molecule has 1 aromatic heterocycles. The zero-order valence-corrected chi connectivity index (χ0v) is 14.7. The number of anilines is 1. The van der Waals surface area contributed by atoms with Gasteiger partial charge in [-0.1, -0.05) is 30.3 Å². The van der Waals surface area contributed by atoms with Gasteiger partial charge in [-0.05, 0) is 11.6 Å².